The predicted octanol–water partition coefficient (Wildman–Crippen LogP) is 5.84. The molecule has 4 aromatic rings. The maximum atomic E-state index is 14.3. The molecule has 0 aliphatic carbocycles. The van der Waals surface area contributed by atoms with E-state index in [1.165, 1.54) is 30.3 Å². The quantitative estimate of drug-likeness (QED) is 0.325. The highest BCUT2D eigenvalue weighted by molar-refractivity contribution is 7.92. The molecule has 0 amide bonds. The lowest BCUT2D eigenvalue weighted by Gasteiger charge is -2.10. The summed E-state index contributed by atoms with van der Waals surface area (Å²) in [6.07, 6.45) is 0.761. The number of benzene rings is 3. The third kappa shape index (κ3) is 4.40. The molecule has 168 valence electrons. The molecule has 1 heterocycles. The highest BCUT2D eigenvalue weighted by Crippen LogP contribution is 2.44. The van der Waals surface area contributed by atoms with Crippen molar-refractivity contribution in [3.8, 4) is 0 Å². The van der Waals surface area contributed by atoms with Crippen LogP contribution in [0.3, 0.4) is 0 Å². The molecule has 4 rings (SSSR count). The molecule has 0 aliphatic rings. The fourth-order valence-corrected chi connectivity index (χ4v) is 6.30. The number of aryl methyl sites for hydroxylation is 1. The fourth-order valence-electron chi connectivity index (χ4n) is 3.37. The molecule has 0 saturated heterocycles. The Morgan fingerprint density at radius 1 is 0.970 bits per heavy atom. The zero-order chi connectivity index (χ0) is 23.6. The van der Waals surface area contributed by atoms with E-state index in [9.17, 15) is 17.6 Å². The minimum atomic E-state index is -4.10. The Labute approximate surface area is 195 Å². The molecule has 1 aromatic heterocycles. The summed E-state index contributed by atoms with van der Waals surface area (Å²) in [5, 5.41) is 2.92. The fraction of sp³-hybridized carbons (Fsp3) is 0.0800. The molecule has 3 N–H and O–H groups in total. The van der Waals surface area contributed by atoms with Crippen LogP contribution in [0.5, 0.6) is 0 Å². The molecule has 0 saturated carbocycles. The van der Waals surface area contributed by atoms with Gasteiger partial charge in [0, 0.05) is 5.56 Å². The van der Waals surface area contributed by atoms with Gasteiger partial charge >= 0.3 is 0 Å². The van der Waals surface area contributed by atoms with Crippen LogP contribution in [-0.2, 0) is 16.3 Å². The SMILES string of the molecule is CCc1ccc(S(=O)(=O)c2c(Nc3ccccc3F)sc(C(=O)c3ccccc3)c2N)cc1. The first-order valence-electron chi connectivity index (χ1n) is 10.2. The zero-order valence-corrected chi connectivity index (χ0v) is 19.3. The van der Waals surface area contributed by atoms with Gasteiger partial charge in [-0.1, -0.05) is 61.5 Å². The average molecular weight is 481 g/mol. The lowest BCUT2D eigenvalue weighted by atomic mass is 10.1. The van der Waals surface area contributed by atoms with Crippen molar-refractivity contribution >= 4 is 43.3 Å². The normalized spacial score (nSPS) is 11.3. The monoisotopic (exact) mass is 480 g/mol. The molecule has 8 heteroatoms. The Hall–Kier alpha value is -3.49. The minimum Gasteiger partial charge on any atom is -0.396 e. The standard InChI is InChI=1S/C25H21FN2O3S2/c1-2-16-12-14-18(15-13-16)33(30,31)24-21(27)23(22(29)17-8-4-3-5-9-17)32-25(24)28-20-11-7-6-10-19(20)26/h3-15,28H,2,27H2,1H3. The van der Waals surface area contributed by atoms with Crippen molar-refractivity contribution in [2.75, 3.05) is 11.1 Å². The first-order valence-corrected chi connectivity index (χ1v) is 12.5. The number of nitrogens with two attached hydrogens (primary N) is 1. The molecule has 33 heavy (non-hydrogen) atoms. The Balaban J connectivity index is 1.89. The number of halogens is 1. The zero-order valence-electron chi connectivity index (χ0n) is 17.7. The van der Waals surface area contributed by atoms with Crippen LogP contribution in [0.2, 0.25) is 0 Å². The van der Waals surface area contributed by atoms with Gasteiger partial charge in [-0.25, -0.2) is 12.8 Å². The van der Waals surface area contributed by atoms with E-state index in [2.05, 4.69) is 5.32 Å². The van der Waals surface area contributed by atoms with Crippen molar-refractivity contribution in [3.05, 3.63) is 101 Å². The van der Waals surface area contributed by atoms with Gasteiger partial charge in [-0.2, -0.15) is 0 Å². The summed E-state index contributed by atoms with van der Waals surface area (Å²) in [6.45, 7) is 1.97. The topological polar surface area (TPSA) is 89.3 Å². The number of carbonyl (C=O) groups is 1. The number of nitrogen functional groups attached to an aromatic ring is 1. The molecular formula is C25H21FN2O3S2. The molecule has 0 spiro atoms. The first-order chi connectivity index (χ1) is 15.8. The maximum absolute atomic E-state index is 14.3. The second-order valence-corrected chi connectivity index (χ2v) is 10.2. The number of hydrogen-bond donors (Lipinski definition) is 2. The predicted molar refractivity (Wildman–Crippen MR) is 130 cm³/mol. The van der Waals surface area contributed by atoms with Crippen molar-refractivity contribution in [1.82, 2.24) is 0 Å². The van der Waals surface area contributed by atoms with Crippen LogP contribution in [0.1, 0.15) is 27.7 Å². The van der Waals surface area contributed by atoms with Gasteiger partial charge in [0.05, 0.1) is 16.3 Å². The molecular weight excluding hydrogens is 459 g/mol. The van der Waals surface area contributed by atoms with E-state index in [0.717, 1.165) is 23.3 Å². The smallest absolute Gasteiger partial charge is 0.211 e. The summed E-state index contributed by atoms with van der Waals surface area (Å²) < 4.78 is 41.5. The van der Waals surface area contributed by atoms with Gasteiger partial charge in [-0.15, -0.1) is 11.3 Å². The maximum Gasteiger partial charge on any atom is 0.211 e. The number of rotatable bonds is 7. The Kier molecular flexibility index (Phi) is 6.31. The van der Waals surface area contributed by atoms with Crippen LogP contribution >= 0.6 is 11.3 Å². The van der Waals surface area contributed by atoms with E-state index < -0.39 is 21.4 Å². The molecule has 3 aromatic carbocycles. The van der Waals surface area contributed by atoms with Crippen molar-refractivity contribution in [3.63, 3.8) is 0 Å². The summed E-state index contributed by atoms with van der Waals surface area (Å²) in [7, 11) is -4.10. The van der Waals surface area contributed by atoms with Gasteiger partial charge in [0.2, 0.25) is 15.6 Å². The van der Waals surface area contributed by atoms with Crippen LogP contribution in [0.25, 0.3) is 0 Å². The average Bonchev–Trinajstić information content (AvgIpc) is 3.17. The number of ketones is 1. The van der Waals surface area contributed by atoms with Crippen LogP contribution in [-0.4, -0.2) is 14.2 Å². The number of carbonyl (C=O) groups excluding carboxylic acids is 1. The van der Waals surface area contributed by atoms with Gasteiger partial charge in [0.15, 0.2) is 0 Å². The minimum absolute atomic E-state index is 0.0412. The summed E-state index contributed by atoms with van der Waals surface area (Å²) in [4.78, 5) is 13.0. The number of thiophene rings is 1. The molecule has 0 unspecified atom stereocenters. The number of anilines is 3. The van der Waals surface area contributed by atoms with Crippen LogP contribution in [0.4, 0.5) is 20.8 Å². The van der Waals surface area contributed by atoms with Gasteiger partial charge in [-0.05, 0) is 36.2 Å². The highest BCUT2D eigenvalue weighted by atomic mass is 32.2. The van der Waals surface area contributed by atoms with Crippen molar-refractivity contribution in [2.45, 2.75) is 23.1 Å². The third-order valence-corrected chi connectivity index (χ3v) is 8.28. The van der Waals surface area contributed by atoms with E-state index in [1.54, 1.807) is 48.5 Å². The first kappa shape index (κ1) is 22.7. The van der Waals surface area contributed by atoms with Crippen molar-refractivity contribution in [2.24, 2.45) is 0 Å². The highest BCUT2D eigenvalue weighted by Gasteiger charge is 2.32. The van der Waals surface area contributed by atoms with Crippen molar-refractivity contribution < 1.29 is 17.6 Å². The summed E-state index contributed by atoms with van der Waals surface area (Å²) in [5.41, 5.74) is 7.57. The number of nitrogens with one attached hydrogen (secondary N) is 1. The molecule has 0 radical (unpaired) electrons. The molecule has 5 nitrogen and oxygen atoms in total. The lowest BCUT2D eigenvalue weighted by Crippen LogP contribution is -2.08. The largest absolute Gasteiger partial charge is 0.396 e. The number of para-hydroxylation sites is 1. The number of hydrogen-bond acceptors (Lipinski definition) is 6. The Morgan fingerprint density at radius 3 is 2.24 bits per heavy atom. The Morgan fingerprint density at radius 2 is 1.61 bits per heavy atom. The van der Waals surface area contributed by atoms with Crippen LogP contribution in [0.15, 0.2) is 88.7 Å². The second kappa shape index (κ2) is 9.17. The van der Waals surface area contributed by atoms with Gasteiger partial charge in [0.1, 0.15) is 20.6 Å². The summed E-state index contributed by atoms with van der Waals surface area (Å²) >= 11 is 0.890. The van der Waals surface area contributed by atoms with Gasteiger partial charge < -0.3 is 11.1 Å². The van der Waals surface area contributed by atoms with E-state index in [0.29, 0.717) is 5.56 Å². The number of sulfone groups is 1. The second-order valence-electron chi connectivity index (χ2n) is 7.30. The summed E-state index contributed by atoms with van der Waals surface area (Å²) in [6, 6.07) is 20.8. The molecule has 0 aliphatic heterocycles. The van der Waals surface area contributed by atoms with Crippen LogP contribution in [0, 0.1) is 5.82 Å². The summed E-state index contributed by atoms with van der Waals surface area (Å²) in [5.74, 6) is -0.964. The van der Waals surface area contributed by atoms with Crippen LogP contribution < -0.4 is 11.1 Å². The van der Waals surface area contributed by atoms with Gasteiger partial charge in [-0.3, -0.25) is 4.79 Å². The van der Waals surface area contributed by atoms with E-state index in [1.807, 2.05) is 6.92 Å². The van der Waals surface area contributed by atoms with E-state index >= 15 is 0 Å². The Bertz CT molecular complexity index is 1410. The van der Waals surface area contributed by atoms with E-state index in [-0.39, 0.29) is 31.0 Å². The van der Waals surface area contributed by atoms with Crippen molar-refractivity contribution in [1.29, 1.82) is 0 Å². The molecule has 0 atom stereocenters. The lowest BCUT2D eigenvalue weighted by molar-refractivity contribution is 0.104. The molecule has 0 bridgehead atoms. The van der Waals surface area contributed by atoms with Gasteiger partial charge in [0.25, 0.3) is 0 Å². The third-order valence-electron chi connectivity index (χ3n) is 5.17. The van der Waals surface area contributed by atoms with E-state index in [4.69, 9.17) is 5.73 Å². The molecule has 0 fully saturated rings.